The number of hydrogen-bond acceptors (Lipinski definition) is 4. The Morgan fingerprint density at radius 1 is 0.762 bits per heavy atom. The maximum absolute atomic E-state index is 10.4. The standard InChI is InChI=1S/C8H4N2.C8H5NO2/c9-5-7-3-1-2-4-8(7)6-10;9-5-6-3-1-2-4-7(6)8(10)11/h1-4H;1-4H,(H,10,11). The van der Waals surface area contributed by atoms with Gasteiger partial charge in [-0.05, 0) is 24.3 Å². The van der Waals surface area contributed by atoms with E-state index < -0.39 is 5.97 Å². The van der Waals surface area contributed by atoms with Crippen LogP contribution in [0.15, 0.2) is 48.5 Å². The number of nitrogens with zero attached hydrogens (tertiary/aromatic N) is 3. The van der Waals surface area contributed by atoms with E-state index in [0.717, 1.165) is 0 Å². The first-order chi connectivity index (χ1) is 10.1. The molecule has 2 aromatic rings. The number of aromatic carboxylic acids is 1. The molecule has 0 aliphatic heterocycles. The molecule has 2 aromatic carbocycles. The maximum atomic E-state index is 10.4. The average molecular weight is 275 g/mol. The van der Waals surface area contributed by atoms with E-state index in [1.54, 1.807) is 42.5 Å². The third-order valence-electron chi connectivity index (χ3n) is 2.45. The Labute approximate surface area is 121 Å². The first-order valence-corrected chi connectivity index (χ1v) is 5.75. The molecule has 0 heterocycles. The van der Waals surface area contributed by atoms with E-state index in [0.29, 0.717) is 11.1 Å². The van der Waals surface area contributed by atoms with E-state index in [2.05, 4.69) is 0 Å². The van der Waals surface area contributed by atoms with Gasteiger partial charge in [0.2, 0.25) is 0 Å². The van der Waals surface area contributed by atoms with Crippen LogP contribution in [0.4, 0.5) is 0 Å². The van der Waals surface area contributed by atoms with Crippen LogP contribution < -0.4 is 0 Å². The number of rotatable bonds is 1. The fourth-order valence-electron chi connectivity index (χ4n) is 1.45. The van der Waals surface area contributed by atoms with Gasteiger partial charge >= 0.3 is 5.97 Å². The second-order valence-corrected chi connectivity index (χ2v) is 3.73. The highest BCUT2D eigenvalue weighted by Gasteiger charge is 2.06. The number of carbonyl (C=O) groups is 1. The molecule has 0 atom stereocenters. The predicted octanol–water partition coefficient (Wildman–Crippen LogP) is 2.69. The Morgan fingerprint density at radius 3 is 1.48 bits per heavy atom. The van der Waals surface area contributed by atoms with Crippen molar-refractivity contribution in [2.75, 3.05) is 0 Å². The van der Waals surface area contributed by atoms with Gasteiger partial charge in [-0.3, -0.25) is 0 Å². The lowest BCUT2D eigenvalue weighted by molar-refractivity contribution is 0.0696. The van der Waals surface area contributed by atoms with Crippen molar-refractivity contribution in [3.63, 3.8) is 0 Å². The fraction of sp³-hybridized carbons (Fsp3) is 0. The quantitative estimate of drug-likeness (QED) is 0.860. The summed E-state index contributed by atoms with van der Waals surface area (Å²) in [5, 5.41) is 33.9. The molecule has 1 N–H and O–H groups in total. The second kappa shape index (κ2) is 7.74. The van der Waals surface area contributed by atoms with E-state index in [9.17, 15) is 4.79 Å². The molecule has 0 radical (unpaired) electrons. The molecule has 0 aliphatic carbocycles. The average Bonchev–Trinajstić information content (AvgIpc) is 2.55. The minimum Gasteiger partial charge on any atom is -0.478 e. The van der Waals surface area contributed by atoms with Crippen molar-refractivity contribution in [2.24, 2.45) is 0 Å². The van der Waals surface area contributed by atoms with Crippen LogP contribution in [-0.2, 0) is 0 Å². The Balaban J connectivity index is 0.000000211. The number of nitriles is 3. The summed E-state index contributed by atoms with van der Waals surface area (Å²) in [4.78, 5) is 10.4. The van der Waals surface area contributed by atoms with Crippen molar-refractivity contribution in [1.29, 1.82) is 15.8 Å². The van der Waals surface area contributed by atoms with Crippen LogP contribution in [0.5, 0.6) is 0 Å². The summed E-state index contributed by atoms with van der Waals surface area (Å²) in [5.41, 5.74) is 1.12. The van der Waals surface area contributed by atoms with Crippen molar-refractivity contribution < 1.29 is 9.90 Å². The Bertz CT molecular complexity index is 744. The summed E-state index contributed by atoms with van der Waals surface area (Å²) in [5.74, 6) is -1.07. The summed E-state index contributed by atoms with van der Waals surface area (Å²) >= 11 is 0. The van der Waals surface area contributed by atoms with Crippen molar-refractivity contribution >= 4 is 5.97 Å². The Morgan fingerprint density at radius 2 is 1.14 bits per heavy atom. The highest BCUT2D eigenvalue weighted by Crippen LogP contribution is 2.06. The largest absolute Gasteiger partial charge is 0.478 e. The van der Waals surface area contributed by atoms with Gasteiger partial charge in [-0.15, -0.1) is 0 Å². The third-order valence-corrected chi connectivity index (χ3v) is 2.45. The van der Waals surface area contributed by atoms with E-state index in [1.165, 1.54) is 12.1 Å². The molecule has 0 aliphatic rings. The summed E-state index contributed by atoms with van der Waals surface area (Å²) < 4.78 is 0. The summed E-state index contributed by atoms with van der Waals surface area (Å²) in [6.45, 7) is 0. The summed E-state index contributed by atoms with van der Waals surface area (Å²) in [6, 6.07) is 18.5. The number of benzene rings is 2. The highest BCUT2D eigenvalue weighted by atomic mass is 16.4. The van der Waals surface area contributed by atoms with Gasteiger partial charge in [-0.1, -0.05) is 24.3 Å². The number of hydrogen-bond donors (Lipinski definition) is 1. The molecular formula is C16H9N3O2. The topological polar surface area (TPSA) is 109 Å². The molecule has 0 aromatic heterocycles. The molecule has 21 heavy (non-hydrogen) atoms. The first-order valence-electron chi connectivity index (χ1n) is 5.75. The van der Waals surface area contributed by atoms with Gasteiger partial charge in [0.25, 0.3) is 0 Å². The van der Waals surface area contributed by atoms with Gasteiger partial charge in [0, 0.05) is 0 Å². The van der Waals surface area contributed by atoms with E-state index in [1.807, 2.05) is 12.1 Å². The first kappa shape index (κ1) is 15.4. The van der Waals surface area contributed by atoms with Crippen LogP contribution in [0.25, 0.3) is 0 Å². The van der Waals surface area contributed by atoms with Gasteiger partial charge in [0.1, 0.15) is 18.2 Å². The van der Waals surface area contributed by atoms with Gasteiger partial charge in [0.05, 0.1) is 22.3 Å². The van der Waals surface area contributed by atoms with Crippen LogP contribution in [0.2, 0.25) is 0 Å². The minimum absolute atomic E-state index is 0.0509. The number of carboxylic acid groups (broad SMARTS) is 1. The van der Waals surface area contributed by atoms with Crippen LogP contribution in [0, 0.1) is 34.0 Å². The molecule has 0 bridgehead atoms. The molecule has 0 amide bonds. The van der Waals surface area contributed by atoms with Crippen LogP contribution in [0.1, 0.15) is 27.0 Å². The SMILES string of the molecule is N#Cc1ccccc1C#N.N#Cc1ccccc1C(=O)O. The molecule has 100 valence electrons. The van der Waals surface area contributed by atoms with Crippen molar-refractivity contribution in [2.45, 2.75) is 0 Å². The molecule has 0 saturated carbocycles. The molecule has 0 fully saturated rings. The normalized spacial score (nSPS) is 8.24. The lowest BCUT2D eigenvalue weighted by atomic mass is 10.1. The molecule has 5 nitrogen and oxygen atoms in total. The Hall–Kier alpha value is -3.62. The zero-order valence-corrected chi connectivity index (χ0v) is 10.8. The van der Waals surface area contributed by atoms with Crippen LogP contribution >= 0.6 is 0 Å². The zero-order valence-electron chi connectivity index (χ0n) is 10.8. The van der Waals surface area contributed by atoms with Crippen LogP contribution in [-0.4, -0.2) is 11.1 Å². The van der Waals surface area contributed by atoms with Crippen molar-refractivity contribution in [3.05, 3.63) is 70.8 Å². The second-order valence-electron chi connectivity index (χ2n) is 3.73. The lowest BCUT2D eigenvalue weighted by Crippen LogP contribution is -1.98. The molecule has 2 rings (SSSR count). The third kappa shape index (κ3) is 4.21. The summed E-state index contributed by atoms with van der Waals surface area (Å²) in [6.07, 6.45) is 0. The Kier molecular flexibility index (Phi) is 5.69. The molecule has 5 heteroatoms. The predicted molar refractivity (Wildman–Crippen MR) is 74.0 cm³/mol. The van der Waals surface area contributed by atoms with E-state index in [-0.39, 0.29) is 11.1 Å². The maximum Gasteiger partial charge on any atom is 0.337 e. The molecule has 0 saturated heterocycles. The lowest BCUT2D eigenvalue weighted by Gasteiger charge is -1.94. The van der Waals surface area contributed by atoms with Crippen LogP contribution in [0.3, 0.4) is 0 Å². The zero-order chi connectivity index (χ0) is 15.7. The number of carboxylic acids is 1. The van der Waals surface area contributed by atoms with Crippen molar-refractivity contribution in [3.8, 4) is 18.2 Å². The summed E-state index contributed by atoms with van der Waals surface area (Å²) in [7, 11) is 0. The van der Waals surface area contributed by atoms with E-state index >= 15 is 0 Å². The molecular weight excluding hydrogens is 266 g/mol. The van der Waals surface area contributed by atoms with Gasteiger partial charge in [-0.2, -0.15) is 15.8 Å². The minimum atomic E-state index is -1.07. The fourth-order valence-corrected chi connectivity index (χ4v) is 1.45. The van der Waals surface area contributed by atoms with Crippen molar-refractivity contribution in [1.82, 2.24) is 0 Å². The smallest absolute Gasteiger partial charge is 0.337 e. The molecule has 0 unspecified atom stereocenters. The monoisotopic (exact) mass is 275 g/mol. The van der Waals surface area contributed by atoms with Gasteiger partial charge in [-0.25, -0.2) is 4.79 Å². The molecule has 0 spiro atoms. The highest BCUT2D eigenvalue weighted by molar-refractivity contribution is 5.90. The van der Waals surface area contributed by atoms with Gasteiger partial charge in [0.15, 0.2) is 0 Å². The van der Waals surface area contributed by atoms with E-state index in [4.69, 9.17) is 20.9 Å². The van der Waals surface area contributed by atoms with Gasteiger partial charge < -0.3 is 5.11 Å².